The molecule has 0 saturated heterocycles. The van der Waals surface area contributed by atoms with Crippen LogP contribution in [0.25, 0.3) is 5.69 Å². The van der Waals surface area contributed by atoms with E-state index in [1.807, 2.05) is 80.7 Å². The predicted molar refractivity (Wildman–Crippen MR) is 143 cm³/mol. The average Bonchev–Trinajstić information content (AvgIpc) is 3.20. The molecule has 0 aliphatic carbocycles. The fourth-order valence-corrected chi connectivity index (χ4v) is 4.50. The molecule has 6 nitrogen and oxygen atoms in total. The lowest BCUT2D eigenvalue weighted by atomic mass is 10.0. The van der Waals surface area contributed by atoms with Gasteiger partial charge in [-0.1, -0.05) is 66.2 Å². The van der Waals surface area contributed by atoms with Crippen LogP contribution in [0, 0.1) is 6.92 Å². The van der Waals surface area contributed by atoms with Gasteiger partial charge in [0.05, 0.1) is 25.1 Å². The standard InChI is InChI=1S/C29H32ClN3O3/c1-21-26(29(30)33(31-21)24-12-8-5-9-13-24)20-36-27-15-14-23(17-28(27)35-3)18-32(2)25(19-34)16-22-10-6-4-7-11-22/h4-15,17,25,34H,16,18-20H2,1-3H3/t25-/m1/s1. The van der Waals surface area contributed by atoms with Crippen LogP contribution in [0.4, 0.5) is 0 Å². The second kappa shape index (κ2) is 12.1. The molecule has 0 fully saturated rings. The van der Waals surface area contributed by atoms with Crippen LogP contribution >= 0.6 is 11.6 Å². The summed E-state index contributed by atoms with van der Waals surface area (Å²) in [6.07, 6.45) is 0.781. The fraction of sp³-hybridized carbons (Fsp3) is 0.276. The van der Waals surface area contributed by atoms with E-state index < -0.39 is 0 Å². The number of methoxy groups -OCH3 is 1. The lowest BCUT2D eigenvalue weighted by molar-refractivity contribution is 0.141. The number of aromatic nitrogens is 2. The number of hydrogen-bond acceptors (Lipinski definition) is 5. The Labute approximate surface area is 217 Å². The Morgan fingerprint density at radius 2 is 1.67 bits per heavy atom. The van der Waals surface area contributed by atoms with E-state index in [0.717, 1.165) is 28.9 Å². The van der Waals surface area contributed by atoms with Crippen LogP contribution in [0.1, 0.15) is 22.4 Å². The summed E-state index contributed by atoms with van der Waals surface area (Å²) in [5.41, 5.74) is 4.82. The summed E-state index contributed by atoms with van der Waals surface area (Å²) < 4.78 is 13.5. The first-order chi connectivity index (χ1) is 17.5. The zero-order valence-electron chi connectivity index (χ0n) is 20.9. The SMILES string of the molecule is COc1cc(CN(C)[C@@H](CO)Cc2ccccc2)ccc1OCc1c(C)nn(-c2ccccc2)c1Cl. The zero-order chi connectivity index (χ0) is 25.5. The van der Waals surface area contributed by atoms with Crippen molar-refractivity contribution < 1.29 is 14.6 Å². The van der Waals surface area contributed by atoms with E-state index in [1.165, 1.54) is 5.56 Å². The molecule has 4 aromatic rings. The molecule has 1 heterocycles. The number of aryl methyl sites for hydroxylation is 1. The number of hydrogen-bond donors (Lipinski definition) is 1. The smallest absolute Gasteiger partial charge is 0.161 e. The number of likely N-dealkylation sites (N-methyl/N-ethyl adjacent to an activating group) is 1. The van der Waals surface area contributed by atoms with Crippen molar-refractivity contribution in [1.29, 1.82) is 0 Å². The Morgan fingerprint density at radius 3 is 2.33 bits per heavy atom. The largest absolute Gasteiger partial charge is 0.493 e. The van der Waals surface area contributed by atoms with Crippen molar-refractivity contribution in [2.45, 2.75) is 32.5 Å². The molecule has 0 spiro atoms. The first-order valence-electron chi connectivity index (χ1n) is 11.9. The molecule has 0 radical (unpaired) electrons. The van der Waals surface area contributed by atoms with Gasteiger partial charge in [0.15, 0.2) is 11.5 Å². The van der Waals surface area contributed by atoms with Gasteiger partial charge in [0.1, 0.15) is 11.8 Å². The van der Waals surface area contributed by atoms with Crippen molar-refractivity contribution in [2.75, 3.05) is 20.8 Å². The molecule has 4 rings (SSSR count). The topological polar surface area (TPSA) is 59.8 Å². The lowest BCUT2D eigenvalue weighted by Gasteiger charge is -2.27. The van der Waals surface area contributed by atoms with E-state index in [1.54, 1.807) is 11.8 Å². The summed E-state index contributed by atoms with van der Waals surface area (Å²) in [7, 11) is 3.66. The molecular formula is C29H32ClN3O3. The number of rotatable bonds is 11. The highest BCUT2D eigenvalue weighted by Crippen LogP contribution is 2.31. The second-order valence-electron chi connectivity index (χ2n) is 8.82. The van der Waals surface area contributed by atoms with Crippen molar-refractivity contribution in [1.82, 2.24) is 14.7 Å². The van der Waals surface area contributed by atoms with Gasteiger partial charge in [-0.05, 0) is 55.8 Å². The van der Waals surface area contributed by atoms with Crippen LogP contribution in [-0.2, 0) is 19.6 Å². The van der Waals surface area contributed by atoms with E-state index in [4.69, 9.17) is 21.1 Å². The van der Waals surface area contributed by atoms with Gasteiger partial charge in [0.25, 0.3) is 0 Å². The van der Waals surface area contributed by atoms with E-state index in [2.05, 4.69) is 22.1 Å². The van der Waals surface area contributed by atoms with E-state index in [0.29, 0.717) is 23.2 Å². The van der Waals surface area contributed by atoms with Gasteiger partial charge in [-0.15, -0.1) is 0 Å². The quantitative estimate of drug-likeness (QED) is 0.293. The van der Waals surface area contributed by atoms with Gasteiger partial charge >= 0.3 is 0 Å². The van der Waals surface area contributed by atoms with Gasteiger partial charge in [-0.2, -0.15) is 5.10 Å². The number of nitrogens with zero attached hydrogens (tertiary/aromatic N) is 3. The number of aliphatic hydroxyl groups is 1. The molecule has 0 amide bonds. The number of aliphatic hydroxyl groups excluding tert-OH is 1. The minimum atomic E-state index is 0.0144. The van der Waals surface area contributed by atoms with Gasteiger partial charge in [0, 0.05) is 18.2 Å². The van der Waals surface area contributed by atoms with Crippen molar-refractivity contribution in [3.8, 4) is 17.2 Å². The van der Waals surface area contributed by atoms with Crippen LogP contribution in [0.15, 0.2) is 78.9 Å². The van der Waals surface area contributed by atoms with Gasteiger partial charge in [-0.3, -0.25) is 4.90 Å². The third-order valence-corrected chi connectivity index (χ3v) is 6.69. The van der Waals surface area contributed by atoms with Gasteiger partial charge < -0.3 is 14.6 Å². The molecule has 0 unspecified atom stereocenters. The number of halogens is 1. The summed E-state index contributed by atoms with van der Waals surface area (Å²) in [4.78, 5) is 2.16. The van der Waals surface area contributed by atoms with Crippen molar-refractivity contribution in [3.05, 3.63) is 106 Å². The minimum absolute atomic E-state index is 0.0144. The maximum Gasteiger partial charge on any atom is 0.161 e. The van der Waals surface area contributed by atoms with Crippen LogP contribution in [0.3, 0.4) is 0 Å². The van der Waals surface area contributed by atoms with Crippen LogP contribution < -0.4 is 9.47 Å². The molecule has 36 heavy (non-hydrogen) atoms. The lowest BCUT2D eigenvalue weighted by Crippen LogP contribution is -2.36. The highest BCUT2D eigenvalue weighted by Gasteiger charge is 2.18. The highest BCUT2D eigenvalue weighted by molar-refractivity contribution is 6.30. The van der Waals surface area contributed by atoms with Crippen molar-refractivity contribution >= 4 is 11.6 Å². The molecule has 0 bridgehead atoms. The first kappa shape index (κ1) is 25.8. The first-order valence-corrected chi connectivity index (χ1v) is 12.3. The summed E-state index contributed by atoms with van der Waals surface area (Å²) >= 11 is 6.65. The normalized spacial score (nSPS) is 12.1. The zero-order valence-corrected chi connectivity index (χ0v) is 21.7. The molecule has 1 aromatic heterocycles. The minimum Gasteiger partial charge on any atom is -0.493 e. The summed E-state index contributed by atoms with van der Waals surface area (Å²) in [5.74, 6) is 1.28. The average molecular weight is 506 g/mol. The van der Waals surface area contributed by atoms with E-state index in [-0.39, 0.29) is 19.3 Å². The fourth-order valence-electron chi connectivity index (χ4n) is 4.18. The van der Waals surface area contributed by atoms with Crippen LogP contribution in [0.2, 0.25) is 5.15 Å². The van der Waals surface area contributed by atoms with Gasteiger partial charge in [-0.25, -0.2) is 4.68 Å². The maximum absolute atomic E-state index is 9.97. The second-order valence-corrected chi connectivity index (χ2v) is 9.18. The number of para-hydroxylation sites is 1. The number of ether oxygens (including phenoxy) is 2. The Bertz CT molecular complexity index is 1260. The Balaban J connectivity index is 1.44. The third-order valence-electron chi connectivity index (χ3n) is 6.30. The molecule has 0 saturated carbocycles. The molecular weight excluding hydrogens is 474 g/mol. The summed E-state index contributed by atoms with van der Waals surface area (Å²) in [6.45, 7) is 2.95. The number of benzene rings is 3. The third kappa shape index (κ3) is 6.08. The molecule has 1 N–H and O–H groups in total. The maximum atomic E-state index is 9.97. The van der Waals surface area contributed by atoms with Crippen LogP contribution in [-0.4, -0.2) is 46.6 Å². The van der Waals surface area contributed by atoms with Crippen LogP contribution in [0.5, 0.6) is 11.5 Å². The predicted octanol–water partition coefficient (Wildman–Crippen LogP) is 5.46. The molecule has 0 aliphatic rings. The van der Waals surface area contributed by atoms with Gasteiger partial charge in [0.2, 0.25) is 0 Å². The summed E-state index contributed by atoms with van der Waals surface area (Å²) in [5, 5.41) is 15.1. The van der Waals surface area contributed by atoms with E-state index >= 15 is 0 Å². The monoisotopic (exact) mass is 505 g/mol. The molecule has 1 atom stereocenters. The summed E-state index contributed by atoms with van der Waals surface area (Å²) in [6, 6.07) is 25.9. The Morgan fingerprint density at radius 1 is 0.972 bits per heavy atom. The molecule has 188 valence electrons. The molecule has 3 aromatic carbocycles. The van der Waals surface area contributed by atoms with Crippen molar-refractivity contribution in [2.24, 2.45) is 0 Å². The highest BCUT2D eigenvalue weighted by atomic mass is 35.5. The Kier molecular flexibility index (Phi) is 8.65. The van der Waals surface area contributed by atoms with E-state index in [9.17, 15) is 5.11 Å². The van der Waals surface area contributed by atoms with Crippen molar-refractivity contribution in [3.63, 3.8) is 0 Å². The molecule has 7 heteroatoms. The molecule has 0 aliphatic heterocycles. The Hall–Kier alpha value is -3.32.